The largest absolute Gasteiger partial charge is 0.494 e. The van der Waals surface area contributed by atoms with Crippen LogP contribution in [0, 0.1) is 5.92 Å². The minimum absolute atomic E-state index is 0.0567. The van der Waals surface area contributed by atoms with E-state index in [0.717, 1.165) is 5.75 Å². The number of rotatable bonds is 7. The van der Waals surface area contributed by atoms with E-state index in [4.69, 9.17) is 21.1 Å². The maximum atomic E-state index is 12.3. The summed E-state index contributed by atoms with van der Waals surface area (Å²) in [5.74, 6) is -0.913. The smallest absolute Gasteiger partial charge is 0.311 e. The quantitative estimate of drug-likeness (QED) is 0.524. The van der Waals surface area contributed by atoms with E-state index in [1.165, 1.54) is 0 Å². The Hall–Kier alpha value is -2.86. The molecule has 0 spiro atoms. The van der Waals surface area contributed by atoms with Crippen LogP contribution >= 0.6 is 11.6 Å². The van der Waals surface area contributed by atoms with Gasteiger partial charge in [0.15, 0.2) is 12.4 Å². The molecule has 146 valence electrons. The van der Waals surface area contributed by atoms with Gasteiger partial charge in [0.25, 0.3) is 0 Å². The summed E-state index contributed by atoms with van der Waals surface area (Å²) in [5, 5.41) is 0.521. The number of Topliss-reactive ketones (excluding diaryl/α,β-unsaturated/α-hetero) is 1. The normalized spacial score (nSPS) is 16.1. The first-order chi connectivity index (χ1) is 13.5. The van der Waals surface area contributed by atoms with E-state index in [-0.39, 0.29) is 31.3 Å². The van der Waals surface area contributed by atoms with Crippen LogP contribution in [0.5, 0.6) is 5.75 Å². The van der Waals surface area contributed by atoms with Crippen LogP contribution in [-0.2, 0) is 14.3 Å². The number of amides is 1. The Bertz CT molecular complexity index is 863. The predicted octanol–water partition coefficient (Wildman–Crippen LogP) is 3.52. The molecule has 1 atom stereocenters. The van der Waals surface area contributed by atoms with Crippen LogP contribution in [-0.4, -0.2) is 37.4 Å². The molecular weight excluding hydrogens is 382 g/mol. The summed E-state index contributed by atoms with van der Waals surface area (Å²) in [6, 6.07) is 13.5. The maximum absolute atomic E-state index is 12.3. The zero-order valence-electron chi connectivity index (χ0n) is 15.4. The lowest BCUT2D eigenvalue weighted by Gasteiger charge is -2.17. The Balaban J connectivity index is 1.56. The molecule has 1 fully saturated rings. The Morgan fingerprint density at radius 2 is 1.79 bits per heavy atom. The highest BCUT2D eigenvalue weighted by Crippen LogP contribution is 2.27. The third kappa shape index (κ3) is 4.70. The third-order valence-electron chi connectivity index (χ3n) is 4.43. The number of halogens is 1. The van der Waals surface area contributed by atoms with Crippen molar-refractivity contribution in [2.75, 3.05) is 24.7 Å². The molecule has 1 heterocycles. The number of benzene rings is 2. The van der Waals surface area contributed by atoms with Gasteiger partial charge in [-0.3, -0.25) is 14.4 Å². The van der Waals surface area contributed by atoms with E-state index in [1.807, 2.05) is 6.92 Å². The van der Waals surface area contributed by atoms with Gasteiger partial charge in [-0.15, -0.1) is 0 Å². The molecule has 0 aliphatic carbocycles. The van der Waals surface area contributed by atoms with E-state index in [2.05, 4.69) is 0 Å². The summed E-state index contributed by atoms with van der Waals surface area (Å²) < 4.78 is 10.5. The molecule has 2 aromatic carbocycles. The number of ketones is 1. The number of anilines is 1. The molecular formula is C21H20ClNO5. The lowest BCUT2D eigenvalue weighted by molar-refractivity contribution is -0.147. The third-order valence-corrected chi connectivity index (χ3v) is 4.68. The predicted molar refractivity (Wildman–Crippen MR) is 105 cm³/mol. The van der Waals surface area contributed by atoms with Gasteiger partial charge in [0.05, 0.1) is 12.5 Å². The zero-order chi connectivity index (χ0) is 20.1. The van der Waals surface area contributed by atoms with Gasteiger partial charge in [-0.05, 0) is 55.5 Å². The first-order valence-corrected chi connectivity index (χ1v) is 9.34. The monoisotopic (exact) mass is 401 g/mol. The van der Waals surface area contributed by atoms with Crippen molar-refractivity contribution in [1.82, 2.24) is 0 Å². The minimum Gasteiger partial charge on any atom is -0.494 e. The highest BCUT2D eigenvalue weighted by Gasteiger charge is 2.36. The standard InChI is InChI=1S/C21H20ClNO5/c1-2-27-18-9-7-17(8-10-18)23-12-15(11-20(23)25)21(26)28-13-19(24)14-3-5-16(22)6-4-14/h3-10,15H,2,11-13H2,1H3. The van der Waals surface area contributed by atoms with Crippen LogP contribution in [0.15, 0.2) is 48.5 Å². The first kappa shape index (κ1) is 19.9. The van der Waals surface area contributed by atoms with E-state index >= 15 is 0 Å². The molecule has 1 unspecified atom stereocenters. The molecule has 28 heavy (non-hydrogen) atoms. The van der Waals surface area contributed by atoms with Gasteiger partial charge in [0.2, 0.25) is 5.91 Å². The molecule has 0 saturated carbocycles. The molecule has 1 aliphatic heterocycles. The van der Waals surface area contributed by atoms with Gasteiger partial charge in [-0.25, -0.2) is 0 Å². The number of ether oxygens (including phenoxy) is 2. The van der Waals surface area contributed by atoms with Gasteiger partial charge in [0.1, 0.15) is 5.75 Å². The van der Waals surface area contributed by atoms with Crippen molar-refractivity contribution in [2.24, 2.45) is 5.92 Å². The van der Waals surface area contributed by atoms with E-state index in [9.17, 15) is 14.4 Å². The molecule has 3 rings (SSSR count). The Kier molecular flexibility index (Phi) is 6.31. The fraction of sp³-hybridized carbons (Fsp3) is 0.286. The Morgan fingerprint density at radius 1 is 1.11 bits per heavy atom. The second-order valence-corrected chi connectivity index (χ2v) is 6.81. The number of hydrogen-bond acceptors (Lipinski definition) is 5. The lowest BCUT2D eigenvalue weighted by Crippen LogP contribution is -2.27. The van der Waals surface area contributed by atoms with Gasteiger partial charge in [-0.2, -0.15) is 0 Å². The fourth-order valence-electron chi connectivity index (χ4n) is 2.98. The molecule has 1 amide bonds. The first-order valence-electron chi connectivity index (χ1n) is 8.96. The van der Waals surface area contributed by atoms with Gasteiger partial charge < -0.3 is 14.4 Å². The topological polar surface area (TPSA) is 72.9 Å². The molecule has 0 aromatic heterocycles. The van der Waals surface area contributed by atoms with Crippen molar-refractivity contribution in [1.29, 1.82) is 0 Å². The molecule has 0 N–H and O–H groups in total. The average Bonchev–Trinajstić information content (AvgIpc) is 3.09. The van der Waals surface area contributed by atoms with Gasteiger partial charge >= 0.3 is 5.97 Å². The van der Waals surface area contributed by atoms with Gasteiger partial charge in [0, 0.05) is 29.2 Å². The van der Waals surface area contributed by atoms with E-state index in [0.29, 0.717) is 22.9 Å². The molecule has 2 aromatic rings. The Labute approximate surface area is 168 Å². The van der Waals surface area contributed by atoms with Crippen LogP contribution in [0.3, 0.4) is 0 Å². The average molecular weight is 402 g/mol. The fourth-order valence-corrected chi connectivity index (χ4v) is 3.10. The molecule has 0 radical (unpaired) electrons. The van der Waals surface area contributed by atoms with Crippen molar-refractivity contribution < 1.29 is 23.9 Å². The van der Waals surface area contributed by atoms with Crippen molar-refractivity contribution in [3.05, 3.63) is 59.1 Å². The second-order valence-electron chi connectivity index (χ2n) is 6.37. The van der Waals surface area contributed by atoms with Crippen LogP contribution in [0.25, 0.3) is 0 Å². The summed E-state index contributed by atoms with van der Waals surface area (Å²) in [4.78, 5) is 38.2. The summed E-state index contributed by atoms with van der Waals surface area (Å²) >= 11 is 5.79. The highest BCUT2D eigenvalue weighted by molar-refractivity contribution is 6.30. The summed E-state index contributed by atoms with van der Waals surface area (Å²) in [6.07, 6.45) is 0.0567. The second kappa shape index (κ2) is 8.89. The molecule has 0 bridgehead atoms. The number of carbonyl (C=O) groups is 3. The summed E-state index contributed by atoms with van der Waals surface area (Å²) in [7, 11) is 0. The maximum Gasteiger partial charge on any atom is 0.311 e. The van der Waals surface area contributed by atoms with Crippen molar-refractivity contribution in [3.8, 4) is 5.75 Å². The van der Waals surface area contributed by atoms with Crippen molar-refractivity contribution in [3.63, 3.8) is 0 Å². The molecule has 1 saturated heterocycles. The molecule has 1 aliphatic rings. The van der Waals surface area contributed by atoms with Gasteiger partial charge in [-0.1, -0.05) is 11.6 Å². The van der Waals surface area contributed by atoms with Crippen molar-refractivity contribution in [2.45, 2.75) is 13.3 Å². The minimum atomic E-state index is -0.600. The summed E-state index contributed by atoms with van der Waals surface area (Å²) in [6.45, 7) is 2.31. The van der Waals surface area contributed by atoms with Crippen LogP contribution in [0.4, 0.5) is 5.69 Å². The Morgan fingerprint density at radius 3 is 2.43 bits per heavy atom. The van der Waals surface area contributed by atoms with E-state index in [1.54, 1.807) is 53.4 Å². The lowest BCUT2D eigenvalue weighted by atomic mass is 10.1. The SMILES string of the molecule is CCOc1ccc(N2CC(C(=O)OCC(=O)c3ccc(Cl)cc3)CC2=O)cc1. The van der Waals surface area contributed by atoms with Crippen LogP contribution < -0.4 is 9.64 Å². The number of esters is 1. The molecule has 6 nitrogen and oxygen atoms in total. The zero-order valence-corrected chi connectivity index (χ0v) is 16.1. The highest BCUT2D eigenvalue weighted by atomic mass is 35.5. The summed E-state index contributed by atoms with van der Waals surface area (Å²) in [5.41, 5.74) is 1.11. The number of hydrogen-bond donors (Lipinski definition) is 0. The molecule has 7 heteroatoms. The van der Waals surface area contributed by atoms with Crippen LogP contribution in [0.1, 0.15) is 23.7 Å². The van der Waals surface area contributed by atoms with E-state index < -0.39 is 11.9 Å². The van der Waals surface area contributed by atoms with Crippen molar-refractivity contribution >= 4 is 34.9 Å². The van der Waals surface area contributed by atoms with Crippen LogP contribution in [0.2, 0.25) is 5.02 Å². The number of nitrogens with zero attached hydrogens (tertiary/aromatic N) is 1. The number of carbonyl (C=O) groups excluding carboxylic acids is 3.